The van der Waals surface area contributed by atoms with E-state index in [1.165, 1.54) is 25.2 Å². The van der Waals surface area contributed by atoms with Crippen LogP contribution in [0.1, 0.15) is 17.1 Å². The van der Waals surface area contributed by atoms with E-state index in [9.17, 15) is 0 Å². The summed E-state index contributed by atoms with van der Waals surface area (Å²) in [5, 5.41) is 3.16. The average molecular weight is 183 g/mol. The third-order valence-electron chi connectivity index (χ3n) is 2.11. The van der Waals surface area contributed by atoms with Crippen molar-refractivity contribution >= 4 is 11.3 Å². The molecular formula is C8H13N3S. The molecule has 1 saturated heterocycles. The fourth-order valence-corrected chi connectivity index (χ4v) is 1.95. The zero-order chi connectivity index (χ0) is 8.39. The Labute approximate surface area is 76.2 Å². The van der Waals surface area contributed by atoms with Gasteiger partial charge in [0.05, 0.1) is 5.69 Å². The van der Waals surface area contributed by atoms with E-state index < -0.39 is 0 Å². The zero-order valence-corrected chi connectivity index (χ0v) is 7.81. The van der Waals surface area contributed by atoms with Gasteiger partial charge in [-0.1, -0.05) is 0 Å². The molecule has 2 heterocycles. The molecule has 0 radical (unpaired) electrons. The number of hydrogen-bond acceptors (Lipinski definition) is 4. The second-order valence-corrected chi connectivity index (χ2v) is 4.01. The minimum atomic E-state index is 0.574. The van der Waals surface area contributed by atoms with Crippen LogP contribution < -0.4 is 5.73 Å². The van der Waals surface area contributed by atoms with Crippen molar-refractivity contribution in [2.24, 2.45) is 5.73 Å². The van der Waals surface area contributed by atoms with Crippen LogP contribution in [0.4, 0.5) is 0 Å². The second kappa shape index (κ2) is 3.51. The van der Waals surface area contributed by atoms with Crippen molar-refractivity contribution < 1.29 is 0 Å². The molecule has 1 fully saturated rings. The molecule has 0 spiro atoms. The quantitative estimate of drug-likeness (QED) is 0.754. The van der Waals surface area contributed by atoms with E-state index in [1.807, 2.05) is 0 Å². The van der Waals surface area contributed by atoms with Crippen LogP contribution >= 0.6 is 11.3 Å². The molecule has 0 unspecified atom stereocenters. The smallest absolute Gasteiger partial charge is 0.106 e. The molecule has 12 heavy (non-hydrogen) atoms. The molecule has 2 N–H and O–H groups in total. The Bertz CT molecular complexity index is 255. The number of nitrogens with zero attached hydrogens (tertiary/aromatic N) is 2. The fourth-order valence-electron chi connectivity index (χ4n) is 1.28. The zero-order valence-electron chi connectivity index (χ0n) is 6.99. The Morgan fingerprint density at radius 1 is 1.58 bits per heavy atom. The highest BCUT2D eigenvalue weighted by Crippen LogP contribution is 2.14. The van der Waals surface area contributed by atoms with E-state index >= 15 is 0 Å². The van der Waals surface area contributed by atoms with Crippen LogP contribution in [0.5, 0.6) is 0 Å². The molecule has 4 heteroatoms. The summed E-state index contributed by atoms with van der Waals surface area (Å²) in [5.74, 6) is 0. The molecule has 2 rings (SSSR count). The minimum Gasteiger partial charge on any atom is -0.325 e. The van der Waals surface area contributed by atoms with Gasteiger partial charge in [-0.15, -0.1) is 11.3 Å². The Kier molecular flexibility index (Phi) is 2.39. The van der Waals surface area contributed by atoms with Crippen molar-refractivity contribution in [3.63, 3.8) is 0 Å². The van der Waals surface area contributed by atoms with Crippen molar-refractivity contribution in [2.75, 3.05) is 13.1 Å². The minimum absolute atomic E-state index is 0.574. The largest absolute Gasteiger partial charge is 0.325 e. The van der Waals surface area contributed by atoms with Gasteiger partial charge < -0.3 is 5.73 Å². The van der Waals surface area contributed by atoms with Gasteiger partial charge in [0.25, 0.3) is 0 Å². The van der Waals surface area contributed by atoms with Crippen molar-refractivity contribution in [3.8, 4) is 0 Å². The van der Waals surface area contributed by atoms with Crippen molar-refractivity contribution in [1.82, 2.24) is 9.88 Å². The van der Waals surface area contributed by atoms with Crippen LogP contribution in [-0.4, -0.2) is 23.0 Å². The number of thiazole rings is 1. The molecule has 1 aliphatic heterocycles. The first-order valence-corrected chi connectivity index (χ1v) is 5.12. The first-order chi connectivity index (χ1) is 5.88. The summed E-state index contributed by atoms with van der Waals surface area (Å²) < 4.78 is 0. The van der Waals surface area contributed by atoms with Crippen molar-refractivity contribution in [3.05, 3.63) is 16.1 Å². The lowest BCUT2D eigenvalue weighted by molar-refractivity contribution is 0.171. The summed E-state index contributed by atoms with van der Waals surface area (Å²) in [6, 6.07) is 0. The number of hydrogen-bond donors (Lipinski definition) is 1. The topological polar surface area (TPSA) is 42.1 Å². The summed E-state index contributed by atoms with van der Waals surface area (Å²) in [6.45, 7) is 4.05. The van der Waals surface area contributed by atoms with E-state index in [0.29, 0.717) is 6.54 Å². The molecule has 1 aromatic heterocycles. The predicted octanol–water partition coefficient (Wildman–Crippen LogP) is 0.807. The Hall–Kier alpha value is -0.450. The first kappa shape index (κ1) is 8.16. The molecule has 1 aliphatic rings. The SMILES string of the molecule is NCc1nc(CN2CCC2)cs1. The fraction of sp³-hybridized carbons (Fsp3) is 0.625. The van der Waals surface area contributed by atoms with Crippen LogP contribution in [0.3, 0.4) is 0 Å². The molecule has 3 nitrogen and oxygen atoms in total. The van der Waals surface area contributed by atoms with Crippen molar-refractivity contribution in [2.45, 2.75) is 19.5 Å². The van der Waals surface area contributed by atoms with E-state index in [-0.39, 0.29) is 0 Å². The highest BCUT2D eigenvalue weighted by atomic mass is 32.1. The third-order valence-corrected chi connectivity index (χ3v) is 3.03. The van der Waals surface area contributed by atoms with Crippen LogP contribution in [-0.2, 0) is 13.1 Å². The lowest BCUT2D eigenvalue weighted by Gasteiger charge is -2.29. The van der Waals surface area contributed by atoms with E-state index in [4.69, 9.17) is 5.73 Å². The molecule has 0 bridgehead atoms. The summed E-state index contributed by atoms with van der Waals surface area (Å²) in [5.41, 5.74) is 6.66. The highest BCUT2D eigenvalue weighted by Gasteiger charge is 2.14. The molecule has 0 atom stereocenters. The van der Waals surface area contributed by atoms with Gasteiger partial charge in [-0.25, -0.2) is 4.98 Å². The summed E-state index contributed by atoms with van der Waals surface area (Å²) in [6.07, 6.45) is 1.34. The lowest BCUT2D eigenvalue weighted by Crippen LogP contribution is -2.36. The maximum Gasteiger partial charge on any atom is 0.106 e. The van der Waals surface area contributed by atoms with Crippen LogP contribution in [0.25, 0.3) is 0 Å². The third kappa shape index (κ3) is 1.65. The predicted molar refractivity (Wildman–Crippen MR) is 49.9 cm³/mol. The van der Waals surface area contributed by atoms with Crippen molar-refractivity contribution in [1.29, 1.82) is 0 Å². The van der Waals surface area contributed by atoms with E-state index in [2.05, 4.69) is 15.3 Å². The van der Waals surface area contributed by atoms with Gasteiger partial charge in [0.15, 0.2) is 0 Å². The Morgan fingerprint density at radius 2 is 2.42 bits per heavy atom. The molecule has 1 aromatic rings. The van der Waals surface area contributed by atoms with Crippen LogP contribution in [0.15, 0.2) is 5.38 Å². The first-order valence-electron chi connectivity index (χ1n) is 4.24. The lowest BCUT2D eigenvalue weighted by atomic mass is 10.2. The van der Waals surface area contributed by atoms with Gasteiger partial charge in [0, 0.05) is 18.5 Å². The van der Waals surface area contributed by atoms with Crippen LogP contribution in [0, 0.1) is 0 Å². The molecule has 0 aromatic carbocycles. The van der Waals surface area contributed by atoms with Gasteiger partial charge in [-0.2, -0.15) is 0 Å². The van der Waals surface area contributed by atoms with E-state index in [1.54, 1.807) is 11.3 Å². The molecular weight excluding hydrogens is 170 g/mol. The van der Waals surface area contributed by atoms with Gasteiger partial charge in [-0.05, 0) is 19.5 Å². The Morgan fingerprint density at radius 3 is 2.92 bits per heavy atom. The maximum atomic E-state index is 5.47. The number of likely N-dealkylation sites (tertiary alicyclic amines) is 1. The summed E-state index contributed by atoms with van der Waals surface area (Å²) >= 11 is 1.66. The Balaban J connectivity index is 1.93. The van der Waals surface area contributed by atoms with Crippen LogP contribution in [0.2, 0.25) is 0 Å². The number of rotatable bonds is 3. The second-order valence-electron chi connectivity index (χ2n) is 3.07. The molecule has 0 amide bonds. The highest BCUT2D eigenvalue weighted by molar-refractivity contribution is 7.09. The summed E-state index contributed by atoms with van der Waals surface area (Å²) in [4.78, 5) is 6.80. The standard InChI is InChI=1S/C8H13N3S/c9-4-8-10-7(6-12-8)5-11-2-1-3-11/h6H,1-5,9H2. The van der Waals surface area contributed by atoms with Gasteiger partial charge in [0.2, 0.25) is 0 Å². The molecule has 66 valence electrons. The summed E-state index contributed by atoms with van der Waals surface area (Å²) in [7, 11) is 0. The average Bonchev–Trinajstić information content (AvgIpc) is 2.44. The molecule has 0 saturated carbocycles. The normalized spacial score (nSPS) is 17.8. The molecule has 0 aliphatic carbocycles. The van der Waals surface area contributed by atoms with Gasteiger partial charge >= 0.3 is 0 Å². The van der Waals surface area contributed by atoms with Gasteiger partial charge in [-0.3, -0.25) is 4.90 Å². The maximum absolute atomic E-state index is 5.47. The van der Waals surface area contributed by atoms with Gasteiger partial charge in [0.1, 0.15) is 5.01 Å². The number of aromatic nitrogens is 1. The number of nitrogens with two attached hydrogens (primary N) is 1. The monoisotopic (exact) mass is 183 g/mol. The van der Waals surface area contributed by atoms with E-state index in [0.717, 1.165) is 11.6 Å².